The minimum atomic E-state index is -5.19. The molecule has 0 spiro atoms. The van der Waals surface area contributed by atoms with E-state index in [9.17, 15) is 31.1 Å². The van der Waals surface area contributed by atoms with E-state index in [1.54, 1.807) is 0 Å². The fourth-order valence-electron chi connectivity index (χ4n) is 1.39. The van der Waals surface area contributed by atoms with E-state index >= 15 is 0 Å². The number of rotatable bonds is 4. The molecule has 0 fully saturated rings. The largest absolute Gasteiger partial charge is 0.542 e. The molecule has 2 heterocycles. The molecule has 1 N–H and O–H groups in total. The number of aromatic nitrogens is 3. The van der Waals surface area contributed by atoms with Crippen LogP contribution in [0.3, 0.4) is 0 Å². The second-order valence-electron chi connectivity index (χ2n) is 4.64. The second kappa shape index (κ2) is 8.46. The van der Waals surface area contributed by atoms with E-state index in [-0.39, 0.29) is 24.4 Å². The van der Waals surface area contributed by atoms with Gasteiger partial charge in [-0.25, -0.2) is 4.98 Å². The molecule has 2 aromatic rings. The van der Waals surface area contributed by atoms with Gasteiger partial charge in [-0.05, 0) is 5.10 Å². The van der Waals surface area contributed by atoms with Crippen LogP contribution in [0.25, 0.3) is 11.5 Å². The van der Waals surface area contributed by atoms with Crippen LogP contribution in [0.15, 0.2) is 29.1 Å². The molecule has 0 saturated carbocycles. The lowest BCUT2D eigenvalue weighted by Gasteiger charge is -2.03. The molecule has 0 radical (unpaired) electrons. The summed E-state index contributed by atoms with van der Waals surface area (Å²) >= 11 is 0. The summed E-state index contributed by atoms with van der Waals surface area (Å²) in [6.45, 7) is 0.162. The Balaban J connectivity index is 0.000000445. The van der Waals surface area contributed by atoms with Gasteiger partial charge in [-0.1, -0.05) is 4.68 Å². The Labute approximate surface area is 145 Å². The summed E-state index contributed by atoms with van der Waals surface area (Å²) in [4.78, 5) is 22.5. The number of carboxylic acid groups (broad SMARTS) is 2. The van der Waals surface area contributed by atoms with Crippen LogP contribution in [0, 0.1) is 0 Å². The molecule has 0 bridgehead atoms. The summed E-state index contributed by atoms with van der Waals surface area (Å²) in [5.74, 6) is -4.17. The maximum atomic E-state index is 12.4. The van der Waals surface area contributed by atoms with Crippen molar-refractivity contribution in [2.45, 2.75) is 25.3 Å². The predicted octanol–water partition coefficient (Wildman–Crippen LogP) is 0.816. The van der Waals surface area contributed by atoms with Gasteiger partial charge >= 0.3 is 18.3 Å². The zero-order valence-corrected chi connectivity index (χ0v) is 12.9. The number of nitrogens with zero attached hydrogens (tertiary/aromatic N) is 3. The van der Waals surface area contributed by atoms with Crippen LogP contribution < -0.4 is 9.79 Å². The van der Waals surface area contributed by atoms with Crippen LogP contribution >= 0.6 is 0 Å². The molecule has 0 aliphatic carbocycles. The third kappa shape index (κ3) is 7.29. The molecule has 0 unspecified atom stereocenters. The highest BCUT2D eigenvalue weighted by Crippen LogP contribution is 2.30. The van der Waals surface area contributed by atoms with Crippen molar-refractivity contribution >= 4 is 11.9 Å². The summed E-state index contributed by atoms with van der Waals surface area (Å²) in [7, 11) is 0. The molecule has 0 atom stereocenters. The lowest BCUT2D eigenvalue weighted by molar-refractivity contribution is -0.752. The number of aliphatic carboxylic acids is 2. The minimum absolute atomic E-state index is 0.103. The Hall–Kier alpha value is -3.19. The lowest BCUT2D eigenvalue weighted by atomic mass is 10.3. The molecule has 0 saturated heterocycles. The smallest absolute Gasteiger partial charge is 0.436 e. The summed E-state index contributed by atoms with van der Waals surface area (Å²) in [5.41, 5.74) is -0.845. The molecule has 0 amide bonds. The van der Waals surface area contributed by atoms with Crippen molar-refractivity contribution in [2.75, 3.05) is 0 Å². The molecule has 2 aromatic heterocycles. The van der Waals surface area contributed by atoms with Crippen molar-refractivity contribution in [2.24, 2.45) is 0 Å². The van der Waals surface area contributed by atoms with E-state index in [2.05, 4.69) is 10.1 Å². The van der Waals surface area contributed by atoms with Crippen molar-refractivity contribution in [3.05, 3.63) is 30.4 Å². The molecule has 8 nitrogen and oxygen atoms in total. The lowest BCUT2D eigenvalue weighted by Crippen LogP contribution is -2.38. The summed E-state index contributed by atoms with van der Waals surface area (Å²) in [6.07, 6.45) is -6.63. The van der Waals surface area contributed by atoms with Crippen molar-refractivity contribution in [3.8, 4) is 11.5 Å². The first-order valence-electron chi connectivity index (χ1n) is 6.69. The van der Waals surface area contributed by atoms with Crippen molar-refractivity contribution in [3.63, 3.8) is 0 Å². The average molecular weight is 401 g/mol. The van der Waals surface area contributed by atoms with Gasteiger partial charge in [0.05, 0.1) is 5.56 Å². The number of hydrogen-bond donors (Lipinski definition) is 1. The maximum absolute atomic E-state index is 12.4. The quantitative estimate of drug-likeness (QED) is 0.595. The van der Waals surface area contributed by atoms with Crippen LogP contribution in [0.5, 0.6) is 0 Å². The third-order valence-corrected chi connectivity index (χ3v) is 2.60. The Bertz CT molecular complexity index is 785. The van der Waals surface area contributed by atoms with Gasteiger partial charge in [0.15, 0.2) is 18.4 Å². The number of alkyl halides is 6. The first-order valence-corrected chi connectivity index (χ1v) is 6.69. The average Bonchev–Trinajstić information content (AvgIpc) is 3.03. The molecule has 14 heteroatoms. The van der Waals surface area contributed by atoms with E-state index in [1.807, 2.05) is 0 Å². The highest BCUT2D eigenvalue weighted by molar-refractivity contribution is 5.70. The highest BCUT2D eigenvalue weighted by atomic mass is 19.4. The summed E-state index contributed by atoms with van der Waals surface area (Å²) in [6, 6.07) is 1.45. The topological polar surface area (TPSA) is 120 Å². The van der Waals surface area contributed by atoms with Gasteiger partial charge < -0.3 is 19.4 Å². The molecular formula is C13H9F6N3O5. The van der Waals surface area contributed by atoms with Gasteiger partial charge in [0.1, 0.15) is 24.9 Å². The molecule has 148 valence electrons. The predicted molar refractivity (Wildman–Crippen MR) is 68.2 cm³/mol. The Kier molecular flexibility index (Phi) is 6.85. The van der Waals surface area contributed by atoms with Crippen LogP contribution in [-0.2, 0) is 22.3 Å². The van der Waals surface area contributed by atoms with Crippen molar-refractivity contribution in [1.29, 1.82) is 0 Å². The summed E-state index contributed by atoms with van der Waals surface area (Å²) in [5, 5.41) is 21.2. The van der Waals surface area contributed by atoms with Gasteiger partial charge in [0, 0.05) is 6.07 Å². The van der Waals surface area contributed by atoms with E-state index in [4.69, 9.17) is 19.4 Å². The number of aryl methyl sites for hydroxylation is 1. The standard InChI is InChI=1S/C11H8F3N3O3.C2HF3O2/c12-11(13,14)8-6-20-10(16-8)7-1-3-17(15-5-7)4-2-9(18)19;3-2(4,5)1(6)7/h1,3,5-6H,2,4H2;(H,6,7). The molecule has 0 aliphatic rings. The molecule has 27 heavy (non-hydrogen) atoms. The number of halogens is 6. The maximum Gasteiger partial charge on any atom is 0.436 e. The zero-order valence-electron chi connectivity index (χ0n) is 12.9. The summed E-state index contributed by atoms with van der Waals surface area (Å²) < 4.78 is 74.7. The first-order chi connectivity index (χ1) is 12.3. The minimum Gasteiger partial charge on any atom is -0.542 e. The van der Waals surface area contributed by atoms with E-state index in [0.717, 1.165) is 0 Å². The van der Waals surface area contributed by atoms with E-state index in [1.165, 1.54) is 23.1 Å². The van der Waals surface area contributed by atoms with Gasteiger partial charge in [-0.2, -0.15) is 26.3 Å². The van der Waals surface area contributed by atoms with Gasteiger partial charge in [0.2, 0.25) is 5.89 Å². The van der Waals surface area contributed by atoms with Crippen LogP contribution in [0.2, 0.25) is 0 Å². The zero-order chi connectivity index (χ0) is 20.8. The molecule has 2 rings (SSSR count). The number of hydrogen-bond acceptors (Lipinski definition) is 6. The molecule has 0 aromatic carbocycles. The normalized spacial score (nSPS) is 11.5. The van der Waals surface area contributed by atoms with Gasteiger partial charge in [-0.3, -0.25) is 4.79 Å². The van der Waals surface area contributed by atoms with Crippen LogP contribution in [0.4, 0.5) is 26.3 Å². The fraction of sp³-hybridized carbons (Fsp3) is 0.308. The number of carbonyl (C=O) groups excluding carboxylic acids is 1. The van der Waals surface area contributed by atoms with Crippen molar-refractivity contribution in [1.82, 2.24) is 10.1 Å². The van der Waals surface area contributed by atoms with Crippen LogP contribution in [0.1, 0.15) is 12.1 Å². The Morgan fingerprint density at radius 1 is 1.22 bits per heavy atom. The van der Waals surface area contributed by atoms with Crippen LogP contribution in [-0.4, -0.2) is 33.3 Å². The Morgan fingerprint density at radius 3 is 2.19 bits per heavy atom. The van der Waals surface area contributed by atoms with Gasteiger partial charge in [-0.15, -0.1) is 0 Å². The SMILES string of the molecule is O=C(O)CC[n+]1ccc(-c2nc(C(F)(F)F)co2)cn1.O=C([O-])C(F)(F)F. The highest BCUT2D eigenvalue weighted by Gasteiger charge is 2.35. The van der Waals surface area contributed by atoms with Crippen molar-refractivity contribution < 1.29 is 55.2 Å². The van der Waals surface area contributed by atoms with E-state index in [0.29, 0.717) is 6.26 Å². The monoisotopic (exact) mass is 401 g/mol. The first kappa shape index (κ1) is 21.9. The number of carbonyl (C=O) groups is 2. The number of carboxylic acids is 2. The van der Waals surface area contributed by atoms with Gasteiger partial charge in [0.25, 0.3) is 0 Å². The molecule has 0 aliphatic heterocycles. The Morgan fingerprint density at radius 2 is 1.81 bits per heavy atom. The van der Waals surface area contributed by atoms with E-state index < -0.39 is 30.0 Å². The second-order valence-corrected chi connectivity index (χ2v) is 4.64. The molecular weight excluding hydrogens is 392 g/mol. The third-order valence-electron chi connectivity index (χ3n) is 2.60. The fourth-order valence-corrected chi connectivity index (χ4v) is 1.39. The number of oxazole rings is 1.